The van der Waals surface area contributed by atoms with Gasteiger partial charge in [0.05, 0.1) is 24.5 Å². The Morgan fingerprint density at radius 2 is 1.92 bits per heavy atom. The minimum atomic E-state index is -0.894. The van der Waals surface area contributed by atoms with Crippen LogP contribution in [0.25, 0.3) is 11.3 Å². The summed E-state index contributed by atoms with van der Waals surface area (Å²) in [6.07, 6.45) is 1.93. The highest BCUT2D eigenvalue weighted by atomic mass is 32.1. The van der Waals surface area contributed by atoms with Crippen molar-refractivity contribution in [3.63, 3.8) is 0 Å². The average Bonchev–Trinajstić information content (AvgIpc) is 3.36. The summed E-state index contributed by atoms with van der Waals surface area (Å²) >= 11 is 1.33. The highest BCUT2D eigenvalue weighted by molar-refractivity contribution is 7.14. The molecule has 1 fully saturated rings. The number of rotatable bonds is 8. The average molecular weight is 552 g/mol. The largest absolute Gasteiger partial charge is 0.382 e. The second-order valence-electron chi connectivity index (χ2n) is 10.9. The first-order chi connectivity index (χ1) is 18.5. The van der Waals surface area contributed by atoms with Crippen LogP contribution < -0.4 is 15.5 Å². The first-order valence-corrected chi connectivity index (χ1v) is 13.9. The number of hydrogen-bond donors (Lipinski definition) is 2. The molecule has 2 aromatic heterocycles. The smallest absolute Gasteiger partial charge is 0.252 e. The molecule has 1 aromatic carbocycles. The van der Waals surface area contributed by atoms with Crippen LogP contribution in [-0.4, -0.2) is 66.8 Å². The molecule has 1 aliphatic rings. The Balaban J connectivity index is 1.44. The van der Waals surface area contributed by atoms with E-state index in [4.69, 9.17) is 9.47 Å². The Morgan fingerprint density at radius 3 is 2.62 bits per heavy atom. The molecule has 3 atom stereocenters. The number of methoxy groups -OCH3 is 1. The van der Waals surface area contributed by atoms with Crippen LogP contribution in [0.3, 0.4) is 0 Å². The molecule has 0 aliphatic carbocycles. The zero-order chi connectivity index (χ0) is 28.2. The second-order valence-corrected chi connectivity index (χ2v) is 11.8. The van der Waals surface area contributed by atoms with Crippen molar-refractivity contribution >= 4 is 34.0 Å². The van der Waals surface area contributed by atoms with E-state index in [9.17, 15) is 9.59 Å². The van der Waals surface area contributed by atoms with Crippen LogP contribution in [0.15, 0.2) is 48.0 Å². The number of nitrogens with zero attached hydrogens (tertiary/aromatic N) is 3. The number of carbonyl (C=O) groups is 2. The van der Waals surface area contributed by atoms with Gasteiger partial charge in [-0.1, -0.05) is 32.9 Å². The van der Waals surface area contributed by atoms with E-state index < -0.39 is 11.9 Å². The van der Waals surface area contributed by atoms with E-state index in [1.807, 2.05) is 38.3 Å². The van der Waals surface area contributed by atoms with Gasteiger partial charge in [-0.3, -0.25) is 14.6 Å². The first-order valence-electron chi connectivity index (χ1n) is 13.1. The number of anilines is 2. The molecule has 1 aliphatic heterocycles. The van der Waals surface area contributed by atoms with Crippen molar-refractivity contribution in [3.05, 3.63) is 59.2 Å². The van der Waals surface area contributed by atoms with Gasteiger partial charge in [0, 0.05) is 59.7 Å². The lowest BCUT2D eigenvalue weighted by Gasteiger charge is -2.37. The fourth-order valence-corrected chi connectivity index (χ4v) is 5.20. The number of amides is 2. The predicted octanol–water partition coefficient (Wildman–Crippen LogP) is 4.50. The Morgan fingerprint density at radius 1 is 1.18 bits per heavy atom. The van der Waals surface area contributed by atoms with E-state index in [0.29, 0.717) is 10.7 Å². The lowest BCUT2D eigenvalue weighted by atomic mass is 9.91. The molecule has 9 nitrogen and oxygen atoms in total. The molecule has 0 saturated carbocycles. The van der Waals surface area contributed by atoms with Gasteiger partial charge in [-0.05, 0) is 38.1 Å². The molecule has 1 saturated heterocycles. The molecule has 2 N–H and O–H groups in total. The van der Waals surface area contributed by atoms with Gasteiger partial charge in [0.15, 0.2) is 5.13 Å². The van der Waals surface area contributed by atoms with Gasteiger partial charge in [-0.25, -0.2) is 4.98 Å². The maximum Gasteiger partial charge on any atom is 0.252 e. The maximum atomic E-state index is 13.1. The lowest BCUT2D eigenvalue weighted by Crippen LogP contribution is -2.46. The van der Waals surface area contributed by atoms with Crippen LogP contribution >= 0.6 is 11.3 Å². The number of pyridine rings is 1. The van der Waals surface area contributed by atoms with Crippen LogP contribution in [-0.2, 0) is 19.7 Å². The molecule has 3 aromatic rings. The van der Waals surface area contributed by atoms with Crippen molar-refractivity contribution in [2.75, 3.05) is 37.0 Å². The van der Waals surface area contributed by atoms with E-state index in [1.165, 1.54) is 18.4 Å². The minimum absolute atomic E-state index is 0.0193. The summed E-state index contributed by atoms with van der Waals surface area (Å²) in [5, 5.41) is 7.97. The monoisotopic (exact) mass is 551 g/mol. The van der Waals surface area contributed by atoms with Gasteiger partial charge in [0.2, 0.25) is 0 Å². The van der Waals surface area contributed by atoms with Crippen molar-refractivity contribution in [3.8, 4) is 11.3 Å². The van der Waals surface area contributed by atoms with Gasteiger partial charge in [0.1, 0.15) is 6.04 Å². The molecule has 3 heterocycles. The molecule has 0 radical (unpaired) electrons. The highest BCUT2D eigenvalue weighted by Crippen LogP contribution is 2.29. The molecule has 10 heteroatoms. The molecule has 0 unspecified atom stereocenters. The third kappa shape index (κ3) is 7.40. The molecule has 0 spiro atoms. The third-order valence-corrected chi connectivity index (χ3v) is 7.16. The Bertz CT molecular complexity index is 1290. The maximum absolute atomic E-state index is 13.1. The quantitative estimate of drug-likeness (QED) is 0.425. The standard InChI is InChI=1S/C29H37N5O4S/c1-18-14-34(15-19(2)38-18)22-9-7-8-20(12-22)24-17-39-28(32-24)33-27(36)23(16-37-6)31-26(35)21-10-11-30-25(13-21)29(3,4)5/h7-13,17-19,23H,14-16H2,1-6H3,(H,31,35)(H,32,33,36)/t18-,19+,23-/m0/s1. The number of ether oxygens (including phenoxy) is 2. The summed E-state index contributed by atoms with van der Waals surface area (Å²) < 4.78 is 11.1. The van der Waals surface area contributed by atoms with Crippen molar-refractivity contribution < 1.29 is 19.1 Å². The number of nitrogens with one attached hydrogen (secondary N) is 2. The van der Waals surface area contributed by atoms with E-state index in [2.05, 4.69) is 51.5 Å². The van der Waals surface area contributed by atoms with Gasteiger partial charge >= 0.3 is 0 Å². The highest BCUT2D eigenvalue weighted by Gasteiger charge is 2.25. The third-order valence-electron chi connectivity index (χ3n) is 6.41. The van der Waals surface area contributed by atoms with Crippen molar-refractivity contribution in [1.82, 2.24) is 15.3 Å². The fraction of sp³-hybridized carbons (Fsp3) is 0.448. The van der Waals surface area contributed by atoms with Crippen LogP contribution in [0, 0.1) is 0 Å². The summed E-state index contributed by atoms with van der Waals surface area (Å²) in [5.74, 6) is -0.773. The fourth-order valence-electron chi connectivity index (χ4n) is 4.48. The van der Waals surface area contributed by atoms with Gasteiger partial charge in [-0.2, -0.15) is 0 Å². The van der Waals surface area contributed by atoms with Crippen molar-refractivity contribution in [2.45, 2.75) is 58.3 Å². The van der Waals surface area contributed by atoms with Gasteiger partial charge < -0.3 is 25.0 Å². The Hall–Kier alpha value is -3.34. The zero-order valence-electron chi connectivity index (χ0n) is 23.4. The summed E-state index contributed by atoms with van der Waals surface area (Å²) in [7, 11) is 1.49. The lowest BCUT2D eigenvalue weighted by molar-refractivity contribution is -0.119. The Kier molecular flexibility index (Phi) is 8.99. The number of carbonyl (C=O) groups excluding carboxylic acids is 2. The molecular formula is C29H37N5O4S. The van der Waals surface area contributed by atoms with E-state index in [0.717, 1.165) is 35.7 Å². The minimum Gasteiger partial charge on any atom is -0.382 e. The number of benzene rings is 1. The summed E-state index contributed by atoms with van der Waals surface area (Å²) in [6.45, 7) is 11.9. The predicted molar refractivity (Wildman–Crippen MR) is 154 cm³/mol. The number of hydrogen-bond acceptors (Lipinski definition) is 8. The number of thiazole rings is 1. The molecule has 2 amide bonds. The van der Waals surface area contributed by atoms with Crippen molar-refractivity contribution in [1.29, 1.82) is 0 Å². The first kappa shape index (κ1) is 28.7. The van der Waals surface area contributed by atoms with E-state index >= 15 is 0 Å². The topological polar surface area (TPSA) is 106 Å². The van der Waals surface area contributed by atoms with Crippen LogP contribution in [0.5, 0.6) is 0 Å². The molecular weight excluding hydrogens is 514 g/mol. The molecule has 39 heavy (non-hydrogen) atoms. The van der Waals surface area contributed by atoms with E-state index in [1.54, 1.807) is 18.3 Å². The Labute approximate surface area is 234 Å². The molecule has 208 valence electrons. The summed E-state index contributed by atoms with van der Waals surface area (Å²) in [5.41, 5.74) is 3.86. The number of aromatic nitrogens is 2. The van der Waals surface area contributed by atoms with Crippen LogP contribution in [0.2, 0.25) is 0 Å². The second kappa shape index (κ2) is 12.2. The van der Waals surface area contributed by atoms with Crippen molar-refractivity contribution in [2.24, 2.45) is 0 Å². The summed E-state index contributed by atoms with van der Waals surface area (Å²) in [6, 6.07) is 10.7. The van der Waals surface area contributed by atoms with Gasteiger partial charge in [0.25, 0.3) is 11.8 Å². The van der Waals surface area contributed by atoms with Crippen LogP contribution in [0.1, 0.15) is 50.7 Å². The van der Waals surface area contributed by atoms with Gasteiger partial charge in [-0.15, -0.1) is 11.3 Å². The SMILES string of the molecule is COC[C@H](NC(=O)c1ccnc(C(C)(C)C)c1)C(=O)Nc1nc(-c2cccc(N3C[C@@H](C)O[C@@H](C)C3)c2)cs1. The summed E-state index contributed by atoms with van der Waals surface area (Å²) in [4.78, 5) is 37.4. The molecule has 0 bridgehead atoms. The van der Waals surface area contributed by atoms with Crippen LogP contribution in [0.4, 0.5) is 10.8 Å². The normalized spacial score (nSPS) is 18.5. The van der Waals surface area contributed by atoms with E-state index in [-0.39, 0.29) is 30.1 Å². The molecule has 4 rings (SSSR count). The zero-order valence-corrected chi connectivity index (χ0v) is 24.2. The number of morpholine rings is 1.